The van der Waals surface area contributed by atoms with Gasteiger partial charge in [0.15, 0.2) is 0 Å². The monoisotopic (exact) mass is 251 g/mol. The lowest BCUT2D eigenvalue weighted by Crippen LogP contribution is -2.18. The Kier molecular flexibility index (Phi) is 3.69. The summed E-state index contributed by atoms with van der Waals surface area (Å²) in [7, 11) is 0. The fourth-order valence-electron chi connectivity index (χ4n) is 1.87. The smallest absolute Gasteiger partial charge is 0.282 e. The maximum Gasteiger partial charge on any atom is 0.282 e. The molecule has 1 saturated carbocycles. The standard InChI is InChI=1S/C13H18FN3O/c1-2-8-6-12(8)18-13(16)17-7-9-5-10(15)3-4-11(9)14/h3-5,8,12H,2,6-7,15H2,1H3,(H2,16,17). The van der Waals surface area contributed by atoms with Crippen LogP contribution in [-0.2, 0) is 11.3 Å². The Labute approximate surface area is 106 Å². The van der Waals surface area contributed by atoms with E-state index in [2.05, 4.69) is 11.9 Å². The number of hydrogen-bond acceptors (Lipinski definition) is 3. The molecule has 4 N–H and O–H groups in total. The molecule has 1 aromatic carbocycles. The summed E-state index contributed by atoms with van der Waals surface area (Å²) in [4.78, 5) is 4.02. The first-order valence-corrected chi connectivity index (χ1v) is 6.10. The molecule has 0 saturated heterocycles. The van der Waals surface area contributed by atoms with E-state index in [1.165, 1.54) is 12.1 Å². The first kappa shape index (κ1) is 12.7. The van der Waals surface area contributed by atoms with Crippen LogP contribution in [0.25, 0.3) is 0 Å². The molecule has 18 heavy (non-hydrogen) atoms. The Bertz CT molecular complexity index is 462. The third-order valence-electron chi connectivity index (χ3n) is 3.13. The molecule has 4 nitrogen and oxygen atoms in total. The molecule has 0 spiro atoms. The maximum absolute atomic E-state index is 13.4. The minimum atomic E-state index is -0.335. The number of amidine groups is 1. The lowest BCUT2D eigenvalue weighted by Gasteiger charge is -2.05. The van der Waals surface area contributed by atoms with Gasteiger partial charge in [-0.1, -0.05) is 6.92 Å². The van der Waals surface area contributed by atoms with E-state index in [-0.39, 0.29) is 24.5 Å². The highest BCUT2D eigenvalue weighted by Crippen LogP contribution is 2.36. The van der Waals surface area contributed by atoms with E-state index >= 15 is 0 Å². The minimum absolute atomic E-state index is 0.123. The summed E-state index contributed by atoms with van der Waals surface area (Å²) < 4.78 is 18.8. The Morgan fingerprint density at radius 1 is 1.56 bits per heavy atom. The van der Waals surface area contributed by atoms with Crippen LogP contribution >= 0.6 is 0 Å². The van der Waals surface area contributed by atoms with Crippen molar-refractivity contribution >= 4 is 11.7 Å². The van der Waals surface area contributed by atoms with Gasteiger partial charge in [0.1, 0.15) is 11.9 Å². The topological polar surface area (TPSA) is 73.6 Å². The van der Waals surface area contributed by atoms with E-state index in [1.807, 2.05) is 0 Å². The predicted molar refractivity (Wildman–Crippen MR) is 69.4 cm³/mol. The van der Waals surface area contributed by atoms with Crippen LogP contribution in [0, 0.1) is 11.7 Å². The summed E-state index contributed by atoms with van der Waals surface area (Å²) >= 11 is 0. The van der Waals surface area contributed by atoms with Gasteiger partial charge in [0.25, 0.3) is 6.02 Å². The number of nitrogens with zero attached hydrogens (tertiary/aromatic N) is 1. The zero-order valence-electron chi connectivity index (χ0n) is 10.4. The first-order valence-electron chi connectivity index (χ1n) is 6.10. The quantitative estimate of drug-likeness (QED) is 0.488. The molecule has 0 heterocycles. The van der Waals surface area contributed by atoms with Gasteiger partial charge >= 0.3 is 0 Å². The van der Waals surface area contributed by atoms with Crippen molar-refractivity contribution in [2.75, 3.05) is 5.73 Å². The van der Waals surface area contributed by atoms with Gasteiger partial charge in [0.05, 0.1) is 6.54 Å². The van der Waals surface area contributed by atoms with Gasteiger partial charge < -0.3 is 16.2 Å². The van der Waals surface area contributed by atoms with Crippen molar-refractivity contribution in [3.8, 4) is 0 Å². The highest BCUT2D eigenvalue weighted by atomic mass is 19.1. The number of rotatable bonds is 4. The van der Waals surface area contributed by atoms with Crippen LogP contribution in [0.5, 0.6) is 0 Å². The number of halogens is 1. The van der Waals surface area contributed by atoms with Crippen LogP contribution in [0.4, 0.5) is 10.1 Å². The fraction of sp³-hybridized carbons (Fsp3) is 0.462. The molecule has 2 rings (SSSR count). The molecular weight excluding hydrogens is 233 g/mol. The largest absolute Gasteiger partial charge is 0.462 e. The van der Waals surface area contributed by atoms with Crippen molar-refractivity contribution in [3.63, 3.8) is 0 Å². The van der Waals surface area contributed by atoms with Gasteiger partial charge in [-0.15, -0.1) is 0 Å². The van der Waals surface area contributed by atoms with Crippen LogP contribution < -0.4 is 11.5 Å². The zero-order chi connectivity index (χ0) is 13.1. The Balaban J connectivity index is 1.91. The summed E-state index contributed by atoms with van der Waals surface area (Å²) in [6.45, 7) is 2.26. The number of anilines is 1. The number of benzene rings is 1. The average Bonchev–Trinajstić information content (AvgIpc) is 3.08. The van der Waals surface area contributed by atoms with E-state index < -0.39 is 0 Å². The van der Waals surface area contributed by atoms with Gasteiger partial charge in [0, 0.05) is 11.3 Å². The van der Waals surface area contributed by atoms with E-state index in [0.29, 0.717) is 17.2 Å². The van der Waals surface area contributed by atoms with Crippen LogP contribution in [0.1, 0.15) is 25.3 Å². The minimum Gasteiger partial charge on any atom is -0.462 e. The SMILES string of the molecule is CCC1CC1OC(N)=NCc1cc(N)ccc1F. The predicted octanol–water partition coefficient (Wildman–Crippen LogP) is 2.04. The molecule has 0 bridgehead atoms. The number of nitrogens with two attached hydrogens (primary N) is 2. The zero-order valence-corrected chi connectivity index (χ0v) is 10.4. The Morgan fingerprint density at radius 3 is 3.00 bits per heavy atom. The van der Waals surface area contributed by atoms with Gasteiger partial charge in [-0.3, -0.25) is 0 Å². The van der Waals surface area contributed by atoms with E-state index in [0.717, 1.165) is 12.8 Å². The van der Waals surface area contributed by atoms with Crippen LogP contribution in [0.2, 0.25) is 0 Å². The molecular formula is C13H18FN3O. The molecule has 2 atom stereocenters. The molecule has 1 aromatic rings. The lowest BCUT2D eigenvalue weighted by atomic mass is 10.2. The third-order valence-corrected chi connectivity index (χ3v) is 3.13. The summed E-state index contributed by atoms with van der Waals surface area (Å²) in [5.41, 5.74) is 12.2. The fourth-order valence-corrected chi connectivity index (χ4v) is 1.87. The Hall–Kier alpha value is -1.78. The normalized spacial score (nSPS) is 22.9. The second-order valence-corrected chi connectivity index (χ2v) is 4.57. The van der Waals surface area contributed by atoms with Crippen molar-refractivity contribution in [1.82, 2.24) is 0 Å². The van der Waals surface area contributed by atoms with Gasteiger partial charge in [0.2, 0.25) is 0 Å². The average molecular weight is 251 g/mol. The third kappa shape index (κ3) is 3.12. The van der Waals surface area contributed by atoms with E-state index in [4.69, 9.17) is 16.2 Å². The van der Waals surface area contributed by atoms with E-state index in [9.17, 15) is 4.39 Å². The summed E-state index contributed by atoms with van der Waals surface area (Å²) in [5, 5.41) is 0. The van der Waals surface area contributed by atoms with Gasteiger partial charge in [-0.25, -0.2) is 9.38 Å². The first-order chi connectivity index (χ1) is 8.60. The molecule has 0 amide bonds. The van der Waals surface area contributed by atoms with Crippen LogP contribution in [0.15, 0.2) is 23.2 Å². The van der Waals surface area contributed by atoms with Crippen molar-refractivity contribution < 1.29 is 9.13 Å². The molecule has 2 unspecified atom stereocenters. The van der Waals surface area contributed by atoms with Gasteiger partial charge in [-0.2, -0.15) is 0 Å². The molecule has 1 fully saturated rings. The highest BCUT2D eigenvalue weighted by Gasteiger charge is 2.38. The lowest BCUT2D eigenvalue weighted by molar-refractivity contribution is 0.263. The highest BCUT2D eigenvalue weighted by molar-refractivity contribution is 5.71. The maximum atomic E-state index is 13.4. The summed E-state index contributed by atoms with van der Waals surface area (Å²) in [6.07, 6.45) is 2.30. The molecule has 5 heteroatoms. The van der Waals surface area contributed by atoms with Crippen LogP contribution in [-0.4, -0.2) is 12.1 Å². The number of hydrogen-bond donors (Lipinski definition) is 2. The van der Waals surface area contributed by atoms with Crippen molar-refractivity contribution in [2.24, 2.45) is 16.6 Å². The second-order valence-electron chi connectivity index (χ2n) is 4.57. The van der Waals surface area contributed by atoms with Crippen molar-refractivity contribution in [3.05, 3.63) is 29.6 Å². The summed E-state index contributed by atoms with van der Waals surface area (Å²) in [6, 6.07) is 4.51. The molecule has 98 valence electrons. The molecule has 0 aliphatic heterocycles. The molecule has 1 aliphatic rings. The molecule has 0 aromatic heterocycles. The van der Waals surface area contributed by atoms with Crippen molar-refractivity contribution in [2.45, 2.75) is 32.4 Å². The molecule has 0 radical (unpaired) electrons. The summed E-state index contributed by atoms with van der Waals surface area (Å²) in [5.74, 6) is 0.251. The van der Waals surface area contributed by atoms with Crippen molar-refractivity contribution in [1.29, 1.82) is 0 Å². The number of ether oxygens (including phenoxy) is 1. The molecule has 1 aliphatic carbocycles. The van der Waals surface area contributed by atoms with Gasteiger partial charge in [-0.05, 0) is 37.0 Å². The Morgan fingerprint density at radius 2 is 2.33 bits per heavy atom. The van der Waals surface area contributed by atoms with E-state index in [1.54, 1.807) is 6.07 Å². The number of aliphatic imine (C=N–C) groups is 1. The number of nitrogen functional groups attached to an aromatic ring is 1. The second kappa shape index (κ2) is 5.25. The van der Waals surface area contributed by atoms with Crippen LogP contribution in [0.3, 0.4) is 0 Å².